The number of hydrogen-bond donors (Lipinski definition) is 0. The fraction of sp³-hybridized carbons (Fsp3) is 0.357. The average Bonchev–Trinajstić information content (AvgIpc) is 3.01. The second-order valence-corrected chi connectivity index (χ2v) is 4.96. The minimum atomic E-state index is 0.0212. The Balaban J connectivity index is 1.86. The number of rotatable bonds is 2. The summed E-state index contributed by atoms with van der Waals surface area (Å²) in [5.41, 5.74) is 3.36. The molecule has 1 unspecified atom stereocenters. The van der Waals surface area contributed by atoms with Gasteiger partial charge in [-0.2, -0.15) is 4.98 Å². The van der Waals surface area contributed by atoms with Crippen molar-refractivity contribution in [2.45, 2.75) is 26.2 Å². The smallest absolute Gasteiger partial charge is 0.227 e. The van der Waals surface area contributed by atoms with E-state index in [9.17, 15) is 4.79 Å². The summed E-state index contributed by atoms with van der Waals surface area (Å²) >= 11 is 0. The maximum absolute atomic E-state index is 12.1. The maximum Gasteiger partial charge on any atom is 0.227 e. The number of carbonyl (C=O) groups excluding carboxylic acids is 1. The number of anilines is 1. The maximum atomic E-state index is 12.1. The molecule has 0 saturated carbocycles. The third-order valence-electron chi connectivity index (χ3n) is 3.67. The molecule has 5 nitrogen and oxygen atoms in total. The third-order valence-corrected chi connectivity index (χ3v) is 3.67. The highest BCUT2D eigenvalue weighted by molar-refractivity contribution is 5.96. The molecule has 1 aromatic carbocycles. The predicted octanol–water partition coefficient (Wildman–Crippen LogP) is 2.21. The molecule has 0 spiro atoms. The Bertz CT molecular complexity index is 607. The first-order chi connectivity index (χ1) is 9.15. The van der Waals surface area contributed by atoms with Gasteiger partial charge in [-0.1, -0.05) is 11.2 Å². The number of benzene rings is 1. The molecular weight excluding hydrogens is 242 g/mol. The third kappa shape index (κ3) is 2.12. The molecule has 1 amide bonds. The molecule has 1 aromatic heterocycles. The molecule has 1 aliphatic heterocycles. The quantitative estimate of drug-likeness (QED) is 0.827. The minimum absolute atomic E-state index is 0.0212. The summed E-state index contributed by atoms with van der Waals surface area (Å²) in [4.78, 5) is 18.0. The highest BCUT2D eigenvalue weighted by atomic mass is 16.5. The molecule has 98 valence electrons. The van der Waals surface area contributed by atoms with Crippen LogP contribution in [0, 0.1) is 13.8 Å². The Morgan fingerprint density at radius 3 is 2.84 bits per heavy atom. The lowest BCUT2D eigenvalue weighted by Crippen LogP contribution is -2.24. The molecule has 0 radical (unpaired) electrons. The lowest BCUT2D eigenvalue weighted by molar-refractivity contribution is -0.117. The van der Waals surface area contributed by atoms with E-state index in [1.54, 1.807) is 4.90 Å². The van der Waals surface area contributed by atoms with Gasteiger partial charge in [0.15, 0.2) is 5.82 Å². The van der Waals surface area contributed by atoms with Gasteiger partial charge in [-0.05, 0) is 37.1 Å². The summed E-state index contributed by atoms with van der Waals surface area (Å²) < 4.78 is 4.75. The van der Waals surface area contributed by atoms with Gasteiger partial charge < -0.3 is 9.42 Å². The van der Waals surface area contributed by atoms with E-state index in [1.807, 2.05) is 18.2 Å². The molecule has 1 atom stereocenters. The molecule has 0 bridgehead atoms. The molecule has 19 heavy (non-hydrogen) atoms. The van der Waals surface area contributed by atoms with Gasteiger partial charge in [0.2, 0.25) is 12.3 Å². The predicted molar refractivity (Wildman–Crippen MR) is 69.9 cm³/mol. The van der Waals surface area contributed by atoms with E-state index >= 15 is 0 Å². The Labute approximate surface area is 111 Å². The average molecular weight is 257 g/mol. The molecule has 0 N–H and O–H groups in total. The van der Waals surface area contributed by atoms with Gasteiger partial charge in [0.05, 0.1) is 0 Å². The Morgan fingerprint density at radius 2 is 2.16 bits per heavy atom. The van der Waals surface area contributed by atoms with E-state index < -0.39 is 0 Å². The second-order valence-electron chi connectivity index (χ2n) is 4.96. The number of nitrogens with zero attached hydrogens (tertiary/aromatic N) is 3. The van der Waals surface area contributed by atoms with E-state index in [4.69, 9.17) is 4.52 Å². The first-order valence-corrected chi connectivity index (χ1v) is 6.29. The Hall–Kier alpha value is -2.17. The lowest BCUT2D eigenvalue weighted by Gasteiger charge is -2.17. The number of hydrogen-bond acceptors (Lipinski definition) is 4. The van der Waals surface area contributed by atoms with Crippen LogP contribution in [-0.4, -0.2) is 22.6 Å². The summed E-state index contributed by atoms with van der Waals surface area (Å²) in [5.74, 6) is 0.741. The standard InChI is InChI=1S/C14H15N3O2/c1-9-3-4-12(5-10(9)2)17-7-11(6-13(17)18)14-15-8-19-16-14/h3-5,8,11H,6-7H2,1-2H3. The molecular formula is C14H15N3O2. The number of aromatic nitrogens is 2. The SMILES string of the molecule is Cc1ccc(N2CC(c3ncon3)CC2=O)cc1C. The Kier molecular flexibility index (Phi) is 2.81. The molecule has 1 fully saturated rings. The van der Waals surface area contributed by atoms with Crippen LogP contribution in [0.5, 0.6) is 0 Å². The lowest BCUT2D eigenvalue weighted by atomic mass is 10.1. The van der Waals surface area contributed by atoms with Crippen LogP contribution in [-0.2, 0) is 4.79 Å². The number of aryl methyl sites for hydroxylation is 2. The van der Waals surface area contributed by atoms with Crippen LogP contribution in [0.1, 0.15) is 29.3 Å². The van der Waals surface area contributed by atoms with Gasteiger partial charge in [0.1, 0.15) is 0 Å². The normalized spacial score (nSPS) is 19.2. The molecule has 2 heterocycles. The largest absolute Gasteiger partial charge is 0.343 e. The van der Waals surface area contributed by atoms with Gasteiger partial charge in [-0.15, -0.1) is 0 Å². The van der Waals surface area contributed by atoms with E-state index in [2.05, 4.69) is 24.0 Å². The summed E-state index contributed by atoms with van der Waals surface area (Å²) in [5, 5.41) is 3.83. The fourth-order valence-electron chi connectivity index (χ4n) is 2.38. The zero-order valence-corrected chi connectivity index (χ0v) is 11.0. The van der Waals surface area contributed by atoms with Crippen LogP contribution >= 0.6 is 0 Å². The van der Waals surface area contributed by atoms with Gasteiger partial charge in [0.25, 0.3) is 0 Å². The summed E-state index contributed by atoms with van der Waals surface area (Å²) in [6.45, 7) is 4.73. The molecule has 1 aliphatic rings. The van der Waals surface area contributed by atoms with Crippen LogP contribution in [0.25, 0.3) is 0 Å². The molecule has 5 heteroatoms. The highest BCUT2D eigenvalue weighted by Gasteiger charge is 2.34. The van der Waals surface area contributed by atoms with Gasteiger partial charge in [-0.25, -0.2) is 0 Å². The van der Waals surface area contributed by atoms with Crippen molar-refractivity contribution in [3.8, 4) is 0 Å². The molecule has 3 rings (SSSR count). The van der Waals surface area contributed by atoms with Crippen molar-refractivity contribution in [3.05, 3.63) is 41.5 Å². The van der Waals surface area contributed by atoms with Crippen LogP contribution in [0.4, 0.5) is 5.69 Å². The van der Waals surface area contributed by atoms with Crippen molar-refractivity contribution < 1.29 is 9.32 Å². The summed E-state index contributed by atoms with van der Waals surface area (Å²) in [7, 11) is 0. The molecule has 2 aromatic rings. The van der Waals surface area contributed by atoms with Crippen LogP contribution in [0.15, 0.2) is 29.1 Å². The van der Waals surface area contributed by atoms with Crippen LogP contribution in [0.2, 0.25) is 0 Å². The Morgan fingerprint density at radius 1 is 1.32 bits per heavy atom. The van der Waals surface area contributed by atoms with Crippen molar-refractivity contribution in [3.63, 3.8) is 0 Å². The second kappa shape index (κ2) is 4.50. The van der Waals surface area contributed by atoms with Crippen LogP contribution in [0.3, 0.4) is 0 Å². The van der Waals surface area contributed by atoms with E-state index in [-0.39, 0.29) is 11.8 Å². The zero-order chi connectivity index (χ0) is 13.4. The summed E-state index contributed by atoms with van der Waals surface area (Å²) in [6, 6.07) is 6.07. The summed E-state index contributed by atoms with van der Waals surface area (Å²) in [6.07, 6.45) is 1.74. The van der Waals surface area contributed by atoms with E-state index in [0.717, 1.165) is 5.69 Å². The van der Waals surface area contributed by atoms with Gasteiger partial charge in [0, 0.05) is 24.6 Å². The van der Waals surface area contributed by atoms with E-state index in [0.29, 0.717) is 18.8 Å². The van der Waals surface area contributed by atoms with E-state index in [1.165, 1.54) is 17.5 Å². The van der Waals surface area contributed by atoms with Gasteiger partial charge in [-0.3, -0.25) is 4.79 Å². The number of carbonyl (C=O) groups is 1. The molecule has 0 aliphatic carbocycles. The topological polar surface area (TPSA) is 59.2 Å². The fourth-order valence-corrected chi connectivity index (χ4v) is 2.38. The van der Waals surface area contributed by atoms with Crippen molar-refractivity contribution in [2.75, 3.05) is 11.4 Å². The minimum Gasteiger partial charge on any atom is -0.343 e. The first kappa shape index (κ1) is 11.9. The highest BCUT2D eigenvalue weighted by Crippen LogP contribution is 2.30. The van der Waals surface area contributed by atoms with Gasteiger partial charge >= 0.3 is 0 Å². The first-order valence-electron chi connectivity index (χ1n) is 6.29. The van der Waals surface area contributed by atoms with Crippen LogP contribution < -0.4 is 4.90 Å². The number of amides is 1. The van der Waals surface area contributed by atoms with Crippen molar-refractivity contribution in [1.29, 1.82) is 0 Å². The van der Waals surface area contributed by atoms with Crippen molar-refractivity contribution >= 4 is 11.6 Å². The van der Waals surface area contributed by atoms with Crippen molar-refractivity contribution in [1.82, 2.24) is 10.1 Å². The monoisotopic (exact) mass is 257 g/mol. The zero-order valence-electron chi connectivity index (χ0n) is 11.0. The van der Waals surface area contributed by atoms with Crippen molar-refractivity contribution in [2.24, 2.45) is 0 Å². The molecule has 1 saturated heterocycles.